The lowest BCUT2D eigenvalue weighted by atomic mass is 10.2. The first-order valence-corrected chi connectivity index (χ1v) is 8.48. The molecule has 136 valence electrons. The van der Waals surface area contributed by atoms with E-state index in [1.54, 1.807) is 0 Å². The number of halogens is 2. The Balaban J connectivity index is 1.87. The smallest absolute Gasteiger partial charge is 0.326 e. The monoisotopic (exact) mass is 370 g/mol. The summed E-state index contributed by atoms with van der Waals surface area (Å²) in [6, 6.07) is 3.82. The molecule has 1 heterocycles. The second kappa shape index (κ2) is 8.80. The van der Waals surface area contributed by atoms with Crippen LogP contribution in [0, 0.1) is 5.82 Å². The number of nitrogens with one attached hydrogen (secondary N) is 1. The maximum atomic E-state index is 13.7. The summed E-state index contributed by atoms with van der Waals surface area (Å²) in [7, 11) is 0. The van der Waals surface area contributed by atoms with Crippen molar-refractivity contribution in [2.24, 2.45) is 0 Å². The van der Waals surface area contributed by atoms with Gasteiger partial charge in [-0.3, -0.25) is 14.4 Å². The fourth-order valence-electron chi connectivity index (χ4n) is 2.47. The van der Waals surface area contributed by atoms with Crippen LogP contribution in [0.2, 0.25) is 5.02 Å². The molecule has 0 unspecified atom stereocenters. The summed E-state index contributed by atoms with van der Waals surface area (Å²) in [5, 5.41) is 2.54. The second-order valence-corrected chi connectivity index (χ2v) is 6.31. The number of carbonyl (C=O) groups excluding carboxylic acids is 3. The minimum atomic E-state index is -1.12. The van der Waals surface area contributed by atoms with Crippen molar-refractivity contribution in [2.75, 3.05) is 18.4 Å². The number of benzene rings is 1. The average molecular weight is 371 g/mol. The highest BCUT2D eigenvalue weighted by Gasteiger charge is 2.23. The van der Waals surface area contributed by atoms with E-state index in [2.05, 4.69) is 5.32 Å². The molecule has 1 aromatic carbocycles. The molecule has 1 aromatic rings. The highest BCUT2D eigenvalue weighted by Crippen LogP contribution is 2.19. The summed E-state index contributed by atoms with van der Waals surface area (Å²) in [4.78, 5) is 37.3. The van der Waals surface area contributed by atoms with E-state index in [1.807, 2.05) is 0 Å². The van der Waals surface area contributed by atoms with Crippen molar-refractivity contribution >= 4 is 35.1 Å². The summed E-state index contributed by atoms with van der Waals surface area (Å²) < 4.78 is 18.7. The SMILES string of the molecule is C[C@H](OC(=O)CN1CCCCCC1=O)C(=O)Nc1ccc(Cl)cc1F. The number of ether oxygens (including phenoxy) is 1. The Kier molecular flexibility index (Phi) is 6.75. The lowest BCUT2D eigenvalue weighted by Gasteiger charge is -2.20. The van der Waals surface area contributed by atoms with Gasteiger partial charge in [0.05, 0.1) is 5.69 Å². The van der Waals surface area contributed by atoms with Gasteiger partial charge in [0, 0.05) is 18.0 Å². The molecule has 0 aromatic heterocycles. The fraction of sp³-hybridized carbons (Fsp3) is 0.471. The topological polar surface area (TPSA) is 75.7 Å². The van der Waals surface area contributed by atoms with Crippen LogP contribution in [-0.4, -0.2) is 41.9 Å². The van der Waals surface area contributed by atoms with Crippen LogP contribution in [0.1, 0.15) is 32.6 Å². The minimum absolute atomic E-state index is 0.0556. The van der Waals surface area contributed by atoms with Crippen molar-refractivity contribution in [3.05, 3.63) is 29.0 Å². The molecule has 0 saturated carbocycles. The maximum absolute atomic E-state index is 13.7. The van der Waals surface area contributed by atoms with E-state index in [4.69, 9.17) is 16.3 Å². The number of hydrogen-bond acceptors (Lipinski definition) is 4. The zero-order chi connectivity index (χ0) is 18.4. The van der Waals surface area contributed by atoms with E-state index < -0.39 is 23.8 Å². The molecule has 0 aliphatic carbocycles. The molecule has 1 N–H and O–H groups in total. The van der Waals surface area contributed by atoms with Gasteiger partial charge in [0.1, 0.15) is 12.4 Å². The first kappa shape index (κ1) is 19.2. The highest BCUT2D eigenvalue weighted by atomic mass is 35.5. The number of hydrogen-bond donors (Lipinski definition) is 1. The summed E-state index contributed by atoms with van der Waals surface area (Å²) in [5.74, 6) is -2.12. The average Bonchev–Trinajstić information content (AvgIpc) is 2.74. The van der Waals surface area contributed by atoms with Crippen molar-refractivity contribution in [3.8, 4) is 0 Å². The predicted octanol–water partition coefficient (Wildman–Crippen LogP) is 2.75. The van der Waals surface area contributed by atoms with Gasteiger partial charge in [0.25, 0.3) is 5.91 Å². The normalized spacial score (nSPS) is 16.1. The second-order valence-electron chi connectivity index (χ2n) is 5.87. The van der Waals surface area contributed by atoms with Gasteiger partial charge in [-0.05, 0) is 38.0 Å². The molecule has 25 heavy (non-hydrogen) atoms. The molecule has 1 aliphatic rings. The summed E-state index contributed by atoms with van der Waals surface area (Å²) in [6.45, 7) is 1.70. The van der Waals surface area contributed by atoms with E-state index in [0.717, 1.165) is 25.3 Å². The number of amides is 2. The first-order chi connectivity index (χ1) is 11.9. The molecule has 1 saturated heterocycles. The van der Waals surface area contributed by atoms with Crippen LogP contribution < -0.4 is 5.32 Å². The lowest BCUT2D eigenvalue weighted by molar-refractivity contribution is -0.156. The van der Waals surface area contributed by atoms with Gasteiger partial charge in [0.2, 0.25) is 5.91 Å². The third-order valence-electron chi connectivity index (χ3n) is 3.86. The largest absolute Gasteiger partial charge is 0.451 e. The standard InChI is InChI=1S/C17H20ClFN2O4/c1-11(17(24)20-14-7-6-12(18)9-13(14)19)25-16(23)10-21-8-4-2-3-5-15(21)22/h6-7,9,11H,2-5,8,10H2,1H3,(H,20,24)/t11-/m0/s1. The van der Waals surface area contributed by atoms with Gasteiger partial charge < -0.3 is 15.0 Å². The van der Waals surface area contributed by atoms with Gasteiger partial charge in [-0.2, -0.15) is 0 Å². The molecule has 1 atom stereocenters. The summed E-state index contributed by atoms with van der Waals surface area (Å²) >= 11 is 5.65. The van der Waals surface area contributed by atoms with Crippen molar-refractivity contribution in [2.45, 2.75) is 38.7 Å². The predicted molar refractivity (Wildman–Crippen MR) is 90.6 cm³/mol. The highest BCUT2D eigenvalue weighted by molar-refractivity contribution is 6.30. The van der Waals surface area contributed by atoms with Gasteiger partial charge in [-0.1, -0.05) is 18.0 Å². The van der Waals surface area contributed by atoms with Crippen molar-refractivity contribution in [1.82, 2.24) is 4.90 Å². The number of esters is 1. The maximum Gasteiger partial charge on any atom is 0.326 e. The summed E-state index contributed by atoms with van der Waals surface area (Å²) in [6.07, 6.45) is 1.90. The van der Waals surface area contributed by atoms with Crippen LogP contribution in [0.5, 0.6) is 0 Å². The Morgan fingerprint density at radius 1 is 1.36 bits per heavy atom. The molecule has 0 spiro atoms. The van der Waals surface area contributed by atoms with E-state index in [9.17, 15) is 18.8 Å². The Bertz CT molecular complexity index is 668. The van der Waals surface area contributed by atoms with E-state index in [-0.39, 0.29) is 23.2 Å². The van der Waals surface area contributed by atoms with E-state index in [0.29, 0.717) is 13.0 Å². The number of anilines is 1. The number of rotatable bonds is 5. The van der Waals surface area contributed by atoms with E-state index in [1.165, 1.54) is 24.0 Å². The van der Waals surface area contributed by atoms with Gasteiger partial charge in [0.15, 0.2) is 6.10 Å². The van der Waals surface area contributed by atoms with Crippen LogP contribution in [0.4, 0.5) is 10.1 Å². The molecule has 1 aliphatic heterocycles. The molecule has 2 amide bonds. The number of likely N-dealkylation sites (tertiary alicyclic amines) is 1. The molecule has 1 fully saturated rings. The van der Waals surface area contributed by atoms with Crippen LogP contribution in [0.3, 0.4) is 0 Å². The molecule has 6 nitrogen and oxygen atoms in total. The number of carbonyl (C=O) groups is 3. The quantitative estimate of drug-likeness (QED) is 0.808. The van der Waals surface area contributed by atoms with E-state index >= 15 is 0 Å². The summed E-state index contributed by atoms with van der Waals surface area (Å²) in [5.41, 5.74) is -0.0556. The molecular formula is C17H20ClFN2O4. The molecule has 0 radical (unpaired) electrons. The number of nitrogens with zero attached hydrogens (tertiary/aromatic N) is 1. The Hall–Kier alpha value is -2.15. The minimum Gasteiger partial charge on any atom is -0.451 e. The third-order valence-corrected chi connectivity index (χ3v) is 4.09. The first-order valence-electron chi connectivity index (χ1n) is 8.10. The molecular weight excluding hydrogens is 351 g/mol. The zero-order valence-electron chi connectivity index (χ0n) is 13.9. The van der Waals surface area contributed by atoms with Crippen molar-refractivity contribution < 1.29 is 23.5 Å². The third kappa shape index (κ3) is 5.70. The Morgan fingerprint density at radius 3 is 2.84 bits per heavy atom. The molecule has 0 bridgehead atoms. The van der Waals surface area contributed by atoms with Crippen LogP contribution in [0.15, 0.2) is 18.2 Å². The van der Waals surface area contributed by atoms with Gasteiger partial charge in [-0.15, -0.1) is 0 Å². The van der Waals surface area contributed by atoms with Crippen molar-refractivity contribution in [3.63, 3.8) is 0 Å². The van der Waals surface area contributed by atoms with Crippen LogP contribution in [-0.2, 0) is 19.1 Å². The Labute approximate surface area is 150 Å². The molecule has 2 rings (SSSR count). The van der Waals surface area contributed by atoms with Gasteiger partial charge in [-0.25, -0.2) is 4.39 Å². The fourth-order valence-corrected chi connectivity index (χ4v) is 2.63. The van der Waals surface area contributed by atoms with Crippen molar-refractivity contribution in [1.29, 1.82) is 0 Å². The van der Waals surface area contributed by atoms with Gasteiger partial charge >= 0.3 is 5.97 Å². The lowest BCUT2D eigenvalue weighted by Crippen LogP contribution is -2.38. The van der Waals surface area contributed by atoms with Crippen LogP contribution in [0.25, 0.3) is 0 Å². The Morgan fingerprint density at radius 2 is 2.12 bits per heavy atom. The molecule has 8 heteroatoms. The van der Waals surface area contributed by atoms with Crippen LogP contribution >= 0.6 is 11.6 Å². The zero-order valence-corrected chi connectivity index (χ0v) is 14.6.